The van der Waals surface area contributed by atoms with Gasteiger partial charge in [-0.1, -0.05) is 0 Å². The van der Waals surface area contributed by atoms with Crippen LogP contribution in [0.5, 0.6) is 0 Å². The van der Waals surface area contributed by atoms with Gasteiger partial charge in [0, 0.05) is 16.9 Å². The highest BCUT2D eigenvalue weighted by Crippen LogP contribution is 2.16. The highest BCUT2D eigenvalue weighted by Gasteiger charge is 1.93. The molecule has 7 heteroatoms. The Bertz CT molecular complexity index is 511. The summed E-state index contributed by atoms with van der Waals surface area (Å²) in [6.45, 7) is 1.80. The summed E-state index contributed by atoms with van der Waals surface area (Å²) in [4.78, 5) is 20.3. The first-order valence-electron chi connectivity index (χ1n) is 4.66. The van der Waals surface area contributed by atoms with Crippen molar-refractivity contribution in [2.75, 3.05) is 11.5 Å². The van der Waals surface area contributed by atoms with E-state index >= 15 is 0 Å². The summed E-state index contributed by atoms with van der Waals surface area (Å²) in [7, 11) is 0. The average Bonchev–Trinajstić information content (AvgIpc) is 2.71. The van der Waals surface area contributed by atoms with Crippen LogP contribution in [0.2, 0.25) is 0 Å². The van der Waals surface area contributed by atoms with Gasteiger partial charge >= 0.3 is 0 Å². The van der Waals surface area contributed by atoms with E-state index in [1.54, 1.807) is 25.4 Å². The number of rotatable bonds is 1. The molecule has 0 unspecified atom stereocenters. The summed E-state index contributed by atoms with van der Waals surface area (Å²) >= 11 is 3.20. The molecule has 17 heavy (non-hydrogen) atoms. The number of anilines is 2. The average molecular weight is 298 g/mol. The molecule has 0 aromatic carbocycles. The largest absolute Gasteiger partial charge is 0.396 e. The molecule has 0 radical (unpaired) electrons. The summed E-state index contributed by atoms with van der Waals surface area (Å²) in [6, 6.07) is 1.71. The maximum atomic E-state index is 9.94. The minimum Gasteiger partial charge on any atom is -0.396 e. The van der Waals surface area contributed by atoms with Crippen molar-refractivity contribution < 1.29 is 4.79 Å². The fraction of sp³-hybridized carbons (Fsp3) is 0.100. The third kappa shape index (κ3) is 4.23. The number of nitrogens with zero attached hydrogens (tertiary/aromatic N) is 2. The van der Waals surface area contributed by atoms with E-state index < -0.39 is 0 Å². The molecular formula is C10H12BrN5O. The normalized spacial score (nSPS) is 9.29. The Morgan fingerprint density at radius 1 is 1.47 bits per heavy atom. The highest BCUT2D eigenvalue weighted by molar-refractivity contribution is 9.10. The zero-order valence-corrected chi connectivity index (χ0v) is 10.7. The number of hydrogen-bond donors (Lipinski definition) is 3. The lowest BCUT2D eigenvalue weighted by Gasteiger charge is -1.96. The van der Waals surface area contributed by atoms with E-state index in [1.807, 2.05) is 0 Å². The van der Waals surface area contributed by atoms with Crippen molar-refractivity contribution >= 4 is 33.7 Å². The number of aromatic amines is 1. The molecule has 0 amide bonds. The van der Waals surface area contributed by atoms with Gasteiger partial charge in [0.2, 0.25) is 0 Å². The number of nitrogens with two attached hydrogens (primary N) is 2. The zero-order valence-electron chi connectivity index (χ0n) is 9.14. The maximum Gasteiger partial charge on any atom is 0.169 e. The van der Waals surface area contributed by atoms with Crippen LogP contribution in [0.25, 0.3) is 0 Å². The second kappa shape index (κ2) is 6.00. The van der Waals surface area contributed by atoms with Gasteiger partial charge in [-0.15, -0.1) is 0 Å². The molecule has 90 valence electrons. The lowest BCUT2D eigenvalue weighted by molar-refractivity contribution is 0.111. The molecular weight excluding hydrogens is 286 g/mol. The molecule has 0 aliphatic rings. The number of pyridine rings is 1. The van der Waals surface area contributed by atoms with Crippen molar-refractivity contribution in [3.8, 4) is 0 Å². The van der Waals surface area contributed by atoms with Gasteiger partial charge in [-0.3, -0.25) is 4.79 Å². The zero-order chi connectivity index (χ0) is 12.8. The Kier molecular flexibility index (Phi) is 4.65. The van der Waals surface area contributed by atoms with Gasteiger partial charge in [-0.25, -0.2) is 9.97 Å². The SMILES string of the molecule is Cc1nc(C=O)c[nH]1.Nc1cc(Br)cnc1N. The van der Waals surface area contributed by atoms with Gasteiger partial charge < -0.3 is 16.5 Å². The maximum absolute atomic E-state index is 9.94. The summed E-state index contributed by atoms with van der Waals surface area (Å²) in [5, 5.41) is 0. The van der Waals surface area contributed by atoms with Gasteiger partial charge in [0.15, 0.2) is 6.29 Å². The van der Waals surface area contributed by atoms with E-state index in [-0.39, 0.29) is 0 Å². The van der Waals surface area contributed by atoms with Gasteiger partial charge in [-0.2, -0.15) is 0 Å². The predicted molar refractivity (Wildman–Crippen MR) is 69.5 cm³/mol. The number of hydrogen-bond acceptors (Lipinski definition) is 5. The number of aldehydes is 1. The van der Waals surface area contributed by atoms with Crippen molar-refractivity contribution in [2.45, 2.75) is 6.92 Å². The number of imidazole rings is 1. The highest BCUT2D eigenvalue weighted by atomic mass is 79.9. The first-order chi connectivity index (χ1) is 8.02. The molecule has 0 spiro atoms. The molecule has 0 aliphatic carbocycles. The molecule has 2 aromatic heterocycles. The second-order valence-corrected chi connectivity index (χ2v) is 4.07. The number of aryl methyl sites for hydroxylation is 1. The van der Waals surface area contributed by atoms with Crippen LogP contribution in [0.4, 0.5) is 11.5 Å². The molecule has 0 saturated heterocycles. The molecule has 0 aliphatic heterocycles. The molecule has 2 rings (SSSR count). The number of carbonyl (C=O) groups is 1. The summed E-state index contributed by atoms with van der Waals surface area (Å²) in [5.74, 6) is 1.14. The van der Waals surface area contributed by atoms with Crippen LogP contribution < -0.4 is 11.5 Å². The van der Waals surface area contributed by atoms with Gasteiger partial charge in [0.1, 0.15) is 17.3 Å². The van der Waals surface area contributed by atoms with Crippen molar-refractivity contribution in [3.05, 3.63) is 34.5 Å². The van der Waals surface area contributed by atoms with Crippen molar-refractivity contribution in [1.29, 1.82) is 0 Å². The summed E-state index contributed by atoms with van der Waals surface area (Å²) in [5.41, 5.74) is 11.7. The number of aromatic nitrogens is 3. The van der Waals surface area contributed by atoms with Crippen LogP contribution in [0.1, 0.15) is 16.3 Å². The fourth-order valence-electron chi connectivity index (χ4n) is 0.962. The van der Waals surface area contributed by atoms with Gasteiger partial charge in [0.05, 0.1) is 5.69 Å². The fourth-order valence-corrected chi connectivity index (χ4v) is 1.31. The molecule has 0 fully saturated rings. The summed E-state index contributed by atoms with van der Waals surface area (Å²) in [6.07, 6.45) is 3.89. The lowest BCUT2D eigenvalue weighted by Crippen LogP contribution is -1.96. The Balaban J connectivity index is 0.000000171. The second-order valence-electron chi connectivity index (χ2n) is 3.16. The first kappa shape index (κ1) is 13.2. The van der Waals surface area contributed by atoms with Crippen LogP contribution in [0.15, 0.2) is 22.9 Å². The van der Waals surface area contributed by atoms with Gasteiger partial charge in [-0.05, 0) is 28.9 Å². The Morgan fingerprint density at radius 3 is 2.53 bits per heavy atom. The topological polar surface area (TPSA) is 111 Å². The third-order valence-corrected chi connectivity index (χ3v) is 2.20. The molecule has 6 nitrogen and oxygen atoms in total. The Morgan fingerprint density at radius 2 is 2.18 bits per heavy atom. The lowest BCUT2D eigenvalue weighted by atomic mass is 10.4. The number of H-pyrrole nitrogens is 1. The van der Waals surface area contributed by atoms with E-state index in [1.165, 1.54) is 0 Å². The third-order valence-electron chi connectivity index (χ3n) is 1.76. The molecule has 0 atom stereocenters. The van der Waals surface area contributed by atoms with Crippen LogP contribution in [0.3, 0.4) is 0 Å². The first-order valence-corrected chi connectivity index (χ1v) is 5.46. The van der Waals surface area contributed by atoms with E-state index in [0.717, 1.165) is 10.3 Å². The smallest absolute Gasteiger partial charge is 0.169 e. The van der Waals surface area contributed by atoms with Crippen molar-refractivity contribution in [3.63, 3.8) is 0 Å². The monoisotopic (exact) mass is 297 g/mol. The number of carbonyl (C=O) groups excluding carboxylic acids is 1. The van der Waals surface area contributed by atoms with E-state index in [9.17, 15) is 4.79 Å². The number of nitrogens with one attached hydrogen (secondary N) is 1. The van der Waals surface area contributed by atoms with Gasteiger partial charge in [0.25, 0.3) is 0 Å². The minimum absolute atomic E-state index is 0.373. The van der Waals surface area contributed by atoms with Crippen LogP contribution in [-0.2, 0) is 0 Å². The van der Waals surface area contributed by atoms with Crippen molar-refractivity contribution in [1.82, 2.24) is 15.0 Å². The molecule has 2 aromatic rings. The number of halogens is 1. The van der Waals surface area contributed by atoms with Crippen LogP contribution >= 0.6 is 15.9 Å². The molecule has 0 bridgehead atoms. The van der Waals surface area contributed by atoms with E-state index in [2.05, 4.69) is 30.9 Å². The Labute approximate surface area is 107 Å². The minimum atomic E-state index is 0.373. The van der Waals surface area contributed by atoms with E-state index in [0.29, 0.717) is 23.5 Å². The van der Waals surface area contributed by atoms with Crippen LogP contribution in [-0.4, -0.2) is 21.2 Å². The standard InChI is InChI=1S/C5H6BrN3.C5H6N2O/c6-3-1-4(7)5(8)9-2-3;1-4-6-2-5(3-8)7-4/h1-2H,7H2,(H2,8,9);2-3H,1H3,(H,6,7). The van der Waals surface area contributed by atoms with Crippen molar-refractivity contribution in [2.24, 2.45) is 0 Å². The number of nitrogen functional groups attached to an aromatic ring is 2. The molecule has 0 saturated carbocycles. The molecule has 2 heterocycles. The quantitative estimate of drug-likeness (QED) is 0.691. The Hall–Kier alpha value is -1.89. The predicted octanol–water partition coefficient (Wildman–Crippen LogP) is 1.54. The summed E-state index contributed by atoms with van der Waals surface area (Å²) < 4.78 is 0.842. The van der Waals surface area contributed by atoms with E-state index in [4.69, 9.17) is 11.5 Å². The van der Waals surface area contributed by atoms with Crippen LogP contribution in [0, 0.1) is 6.92 Å². The molecule has 5 N–H and O–H groups in total.